The van der Waals surface area contributed by atoms with Crippen LogP contribution in [-0.2, 0) is 22.1 Å². The predicted octanol–water partition coefficient (Wildman–Crippen LogP) is 3.39. The Morgan fingerprint density at radius 2 is 1.81 bits per heavy atom. The van der Waals surface area contributed by atoms with E-state index in [0.717, 1.165) is 5.56 Å². The highest BCUT2D eigenvalue weighted by Gasteiger charge is 2.19. The average molecular weight is 442 g/mol. The van der Waals surface area contributed by atoms with Crippen LogP contribution in [0, 0.1) is 0 Å². The molecule has 0 fully saturated rings. The summed E-state index contributed by atoms with van der Waals surface area (Å²) in [4.78, 5) is 16.2. The second-order valence-corrected chi connectivity index (χ2v) is 8.62. The van der Waals surface area contributed by atoms with Gasteiger partial charge in [0.1, 0.15) is 11.5 Å². The molecule has 9 heteroatoms. The van der Waals surface area contributed by atoms with Crippen LogP contribution in [0.5, 0.6) is 11.5 Å². The summed E-state index contributed by atoms with van der Waals surface area (Å²) in [5.74, 6) is 0.766. The molecule has 0 aliphatic rings. The van der Waals surface area contributed by atoms with Gasteiger partial charge in [-0.3, -0.25) is 4.98 Å². The van der Waals surface area contributed by atoms with Crippen molar-refractivity contribution in [2.75, 3.05) is 19.5 Å². The summed E-state index contributed by atoms with van der Waals surface area (Å²) in [6.07, 6.45) is 3.32. The van der Waals surface area contributed by atoms with Gasteiger partial charge in [0, 0.05) is 30.2 Å². The predicted molar refractivity (Wildman–Crippen MR) is 117 cm³/mol. The molecule has 2 amide bonds. The van der Waals surface area contributed by atoms with Crippen molar-refractivity contribution in [1.82, 2.24) is 10.3 Å². The summed E-state index contributed by atoms with van der Waals surface area (Å²) in [5.41, 5.74) is 1.84. The zero-order chi connectivity index (χ0) is 22.3. The number of anilines is 1. The molecule has 31 heavy (non-hydrogen) atoms. The Morgan fingerprint density at radius 3 is 2.45 bits per heavy atom. The fourth-order valence-electron chi connectivity index (χ4n) is 2.89. The second-order valence-electron chi connectivity index (χ2n) is 6.63. The molecule has 1 aromatic heterocycles. The molecule has 0 aliphatic heterocycles. The van der Waals surface area contributed by atoms with Gasteiger partial charge in [0.25, 0.3) is 0 Å². The molecule has 0 saturated carbocycles. The van der Waals surface area contributed by atoms with Crippen LogP contribution >= 0.6 is 0 Å². The van der Waals surface area contributed by atoms with Gasteiger partial charge < -0.3 is 20.1 Å². The number of methoxy groups -OCH3 is 2. The third kappa shape index (κ3) is 5.95. The van der Waals surface area contributed by atoms with Crippen molar-refractivity contribution in [2.24, 2.45) is 0 Å². The number of nitrogens with zero attached hydrogens (tertiary/aromatic N) is 1. The van der Waals surface area contributed by atoms with Gasteiger partial charge in [-0.2, -0.15) is 0 Å². The Morgan fingerprint density at radius 1 is 1.03 bits per heavy atom. The number of carbonyl (C=O) groups is 1. The first-order chi connectivity index (χ1) is 14.9. The van der Waals surface area contributed by atoms with E-state index >= 15 is 0 Å². The zero-order valence-corrected chi connectivity index (χ0v) is 18.0. The number of rotatable bonds is 8. The quantitative estimate of drug-likeness (QED) is 0.555. The van der Waals surface area contributed by atoms with E-state index in [1.807, 2.05) is 6.07 Å². The van der Waals surface area contributed by atoms with E-state index in [4.69, 9.17) is 9.47 Å². The van der Waals surface area contributed by atoms with E-state index in [1.54, 1.807) is 48.8 Å². The highest BCUT2D eigenvalue weighted by atomic mass is 32.2. The molecule has 1 heterocycles. The van der Waals surface area contributed by atoms with Gasteiger partial charge in [-0.05, 0) is 54.1 Å². The van der Waals surface area contributed by atoms with Crippen LogP contribution in [0.1, 0.15) is 11.1 Å². The minimum Gasteiger partial charge on any atom is -0.497 e. The lowest BCUT2D eigenvalue weighted by Crippen LogP contribution is -2.28. The molecular formula is C22H23N3O5S. The second kappa shape index (κ2) is 9.94. The highest BCUT2D eigenvalue weighted by Crippen LogP contribution is 2.28. The normalized spacial score (nSPS) is 10.9. The van der Waals surface area contributed by atoms with Crippen LogP contribution in [0.25, 0.3) is 0 Å². The molecule has 0 saturated heterocycles. The minimum absolute atomic E-state index is 0.138. The van der Waals surface area contributed by atoms with Crippen molar-refractivity contribution in [1.29, 1.82) is 0 Å². The van der Waals surface area contributed by atoms with Crippen LogP contribution in [0.4, 0.5) is 10.5 Å². The number of urea groups is 1. The molecule has 0 spiro atoms. The fraction of sp³-hybridized carbons (Fsp3) is 0.182. The van der Waals surface area contributed by atoms with Gasteiger partial charge in [0.2, 0.25) is 0 Å². The molecule has 162 valence electrons. The van der Waals surface area contributed by atoms with E-state index in [0.29, 0.717) is 29.3 Å². The summed E-state index contributed by atoms with van der Waals surface area (Å²) in [6, 6.07) is 14.2. The molecule has 0 bridgehead atoms. The van der Waals surface area contributed by atoms with E-state index in [-0.39, 0.29) is 10.6 Å². The molecule has 0 atom stereocenters. The largest absolute Gasteiger partial charge is 0.497 e. The fourth-order valence-corrected chi connectivity index (χ4v) is 4.24. The van der Waals surface area contributed by atoms with Crippen LogP contribution in [-0.4, -0.2) is 33.7 Å². The SMILES string of the molecule is COc1ccc(OC)c(CS(=O)(=O)c2ccc(NC(=O)NCc3cccnc3)cc2)c1. The molecule has 8 nitrogen and oxygen atoms in total. The summed E-state index contributed by atoms with van der Waals surface area (Å²) in [7, 11) is -0.637. The van der Waals surface area contributed by atoms with Crippen LogP contribution in [0.15, 0.2) is 71.9 Å². The highest BCUT2D eigenvalue weighted by molar-refractivity contribution is 7.90. The molecular weight excluding hydrogens is 418 g/mol. The van der Waals surface area contributed by atoms with Gasteiger partial charge in [-0.1, -0.05) is 6.07 Å². The lowest BCUT2D eigenvalue weighted by molar-refractivity contribution is 0.251. The lowest BCUT2D eigenvalue weighted by atomic mass is 10.2. The van der Waals surface area contributed by atoms with Crippen LogP contribution in [0.2, 0.25) is 0 Å². The number of aromatic nitrogens is 1. The van der Waals surface area contributed by atoms with Crippen molar-refractivity contribution in [3.8, 4) is 11.5 Å². The summed E-state index contributed by atoms with van der Waals surface area (Å²) < 4.78 is 36.2. The Bertz CT molecular complexity index is 1130. The van der Waals surface area contributed by atoms with Crippen molar-refractivity contribution in [2.45, 2.75) is 17.2 Å². The van der Waals surface area contributed by atoms with Crippen molar-refractivity contribution < 1.29 is 22.7 Å². The molecule has 0 unspecified atom stereocenters. The van der Waals surface area contributed by atoms with Crippen molar-refractivity contribution >= 4 is 21.6 Å². The zero-order valence-electron chi connectivity index (χ0n) is 17.2. The van der Waals surface area contributed by atoms with E-state index in [1.165, 1.54) is 26.4 Å². The van der Waals surface area contributed by atoms with E-state index in [9.17, 15) is 13.2 Å². The lowest BCUT2D eigenvalue weighted by Gasteiger charge is -2.12. The summed E-state index contributed by atoms with van der Waals surface area (Å²) in [6.45, 7) is 0.328. The number of hydrogen-bond donors (Lipinski definition) is 2. The Labute approximate surface area is 181 Å². The van der Waals surface area contributed by atoms with E-state index < -0.39 is 15.9 Å². The standard InChI is InChI=1S/C22H23N3O5S/c1-29-19-7-10-21(30-2)17(12-19)15-31(27,28)20-8-5-18(6-9-20)25-22(26)24-14-16-4-3-11-23-13-16/h3-13H,14-15H2,1-2H3,(H2,24,25,26). The van der Waals surface area contributed by atoms with Gasteiger partial charge in [-0.15, -0.1) is 0 Å². The monoisotopic (exact) mass is 441 g/mol. The number of amides is 2. The Kier molecular flexibility index (Phi) is 7.09. The first-order valence-electron chi connectivity index (χ1n) is 9.39. The molecule has 2 aromatic carbocycles. The Balaban J connectivity index is 1.65. The van der Waals surface area contributed by atoms with Gasteiger partial charge in [0.05, 0.1) is 24.9 Å². The average Bonchev–Trinajstić information content (AvgIpc) is 2.78. The Hall–Kier alpha value is -3.59. The topological polar surface area (TPSA) is 107 Å². The first-order valence-corrected chi connectivity index (χ1v) is 11.0. The van der Waals surface area contributed by atoms with Gasteiger partial charge >= 0.3 is 6.03 Å². The minimum atomic E-state index is -3.63. The molecule has 0 aliphatic carbocycles. The maximum Gasteiger partial charge on any atom is 0.319 e. The molecule has 3 aromatic rings. The smallest absolute Gasteiger partial charge is 0.319 e. The number of nitrogens with one attached hydrogen (secondary N) is 2. The molecule has 0 radical (unpaired) electrons. The maximum atomic E-state index is 12.9. The van der Waals surface area contributed by atoms with Crippen LogP contribution in [0.3, 0.4) is 0 Å². The number of hydrogen-bond acceptors (Lipinski definition) is 6. The third-order valence-electron chi connectivity index (χ3n) is 4.48. The third-order valence-corrected chi connectivity index (χ3v) is 6.16. The first kappa shape index (κ1) is 22.1. The number of ether oxygens (including phenoxy) is 2. The summed E-state index contributed by atoms with van der Waals surface area (Å²) in [5, 5.41) is 5.39. The van der Waals surface area contributed by atoms with Gasteiger partial charge in [-0.25, -0.2) is 13.2 Å². The molecule has 3 rings (SSSR count). The molecule has 2 N–H and O–H groups in total. The van der Waals surface area contributed by atoms with Crippen molar-refractivity contribution in [3.05, 3.63) is 78.1 Å². The number of benzene rings is 2. The van der Waals surface area contributed by atoms with Crippen molar-refractivity contribution in [3.63, 3.8) is 0 Å². The number of pyridine rings is 1. The maximum absolute atomic E-state index is 12.9. The number of sulfone groups is 1. The van der Waals surface area contributed by atoms with E-state index in [2.05, 4.69) is 15.6 Å². The number of carbonyl (C=O) groups excluding carboxylic acids is 1. The van der Waals surface area contributed by atoms with Gasteiger partial charge in [0.15, 0.2) is 9.84 Å². The van der Waals surface area contributed by atoms with Crippen LogP contribution < -0.4 is 20.1 Å². The summed E-state index contributed by atoms with van der Waals surface area (Å²) >= 11 is 0.